The summed E-state index contributed by atoms with van der Waals surface area (Å²) in [7, 11) is 0. The topological polar surface area (TPSA) is 81.9 Å². The Kier molecular flexibility index (Phi) is 5.05. The Morgan fingerprint density at radius 2 is 2.30 bits per heavy atom. The summed E-state index contributed by atoms with van der Waals surface area (Å²) in [6, 6.07) is 7.57. The van der Waals surface area contributed by atoms with Gasteiger partial charge in [-0.3, -0.25) is 4.79 Å². The Bertz CT molecular complexity index is 561. The van der Waals surface area contributed by atoms with E-state index < -0.39 is 0 Å². The van der Waals surface area contributed by atoms with Crippen molar-refractivity contribution in [1.82, 2.24) is 25.5 Å². The molecule has 2 rings (SSSR count). The third kappa shape index (κ3) is 4.30. The number of carbonyl (C=O) groups excluding carboxylic acids is 1. The fourth-order valence-corrected chi connectivity index (χ4v) is 1.89. The second kappa shape index (κ2) is 6.99. The summed E-state index contributed by atoms with van der Waals surface area (Å²) in [6.45, 7) is 2.38. The Balaban J connectivity index is 1.76. The summed E-state index contributed by atoms with van der Waals surface area (Å²) in [6.07, 6.45) is 1.24. The molecular weight excluding hydrogens is 326 g/mol. The van der Waals surface area contributed by atoms with Crippen LogP contribution in [0, 0.1) is 0 Å². The van der Waals surface area contributed by atoms with Gasteiger partial charge in [0, 0.05) is 0 Å². The minimum atomic E-state index is -0.167. The molecule has 0 aliphatic heterocycles. The fraction of sp³-hybridized carbons (Fsp3) is 0.333. The minimum Gasteiger partial charge on any atom is -0.488 e. The number of nitrogens with one attached hydrogen (secondary N) is 1. The Hall–Kier alpha value is -1.96. The van der Waals surface area contributed by atoms with Crippen molar-refractivity contribution >= 4 is 21.8 Å². The second-order valence-corrected chi connectivity index (χ2v) is 5.02. The molecule has 106 valence electrons. The number of carbonyl (C=O) groups is 1. The first kappa shape index (κ1) is 14.4. The first-order valence-corrected chi connectivity index (χ1v) is 6.83. The minimum absolute atomic E-state index is 0.0920. The predicted molar refractivity (Wildman–Crippen MR) is 75.1 cm³/mol. The van der Waals surface area contributed by atoms with Crippen LogP contribution in [0.25, 0.3) is 0 Å². The first-order chi connectivity index (χ1) is 9.65. The highest BCUT2D eigenvalue weighted by Gasteiger charge is 2.09. The molecule has 1 aromatic carbocycles. The van der Waals surface area contributed by atoms with Gasteiger partial charge in [-0.05, 0) is 45.4 Å². The number of rotatable bonds is 6. The zero-order valence-electron chi connectivity index (χ0n) is 10.9. The predicted octanol–water partition coefficient (Wildman–Crippen LogP) is 1.02. The average molecular weight is 340 g/mol. The summed E-state index contributed by atoms with van der Waals surface area (Å²) in [5.74, 6) is 0.578. The van der Waals surface area contributed by atoms with Crippen molar-refractivity contribution in [3.8, 4) is 5.75 Å². The molecular formula is C12H14BrN5O2. The molecule has 0 radical (unpaired) electrons. The van der Waals surface area contributed by atoms with Gasteiger partial charge in [0.05, 0.1) is 11.0 Å². The maximum Gasteiger partial charge on any atom is 0.242 e. The summed E-state index contributed by atoms with van der Waals surface area (Å²) in [4.78, 5) is 11.6. The highest BCUT2D eigenvalue weighted by Crippen LogP contribution is 2.24. The molecule has 1 atom stereocenters. The molecule has 0 fully saturated rings. The monoisotopic (exact) mass is 339 g/mol. The Morgan fingerprint density at radius 1 is 1.50 bits per heavy atom. The van der Waals surface area contributed by atoms with Crippen molar-refractivity contribution < 1.29 is 9.53 Å². The normalized spacial score (nSPS) is 11.9. The van der Waals surface area contributed by atoms with E-state index in [0.29, 0.717) is 6.54 Å². The number of tetrazole rings is 1. The Labute approximate surface area is 124 Å². The SMILES string of the molecule is C[C@H](CNC(=O)Cn1cnnn1)Oc1ccccc1Br. The molecule has 0 saturated heterocycles. The van der Waals surface area contributed by atoms with Crippen LogP contribution in [0.15, 0.2) is 35.1 Å². The zero-order chi connectivity index (χ0) is 14.4. The molecule has 1 aromatic heterocycles. The van der Waals surface area contributed by atoms with Crippen LogP contribution in [-0.2, 0) is 11.3 Å². The van der Waals surface area contributed by atoms with E-state index in [1.54, 1.807) is 0 Å². The number of para-hydroxylation sites is 1. The molecule has 0 aliphatic carbocycles. The molecule has 1 N–H and O–H groups in total. The summed E-state index contributed by atoms with van der Waals surface area (Å²) in [5, 5.41) is 13.3. The van der Waals surface area contributed by atoms with E-state index in [0.717, 1.165) is 10.2 Å². The maximum absolute atomic E-state index is 11.6. The van der Waals surface area contributed by atoms with Gasteiger partial charge >= 0.3 is 0 Å². The van der Waals surface area contributed by atoms with E-state index in [-0.39, 0.29) is 18.6 Å². The lowest BCUT2D eigenvalue weighted by molar-refractivity contribution is -0.122. The maximum atomic E-state index is 11.6. The fourth-order valence-electron chi connectivity index (χ4n) is 1.51. The first-order valence-electron chi connectivity index (χ1n) is 6.04. The number of amides is 1. The standard InChI is InChI=1S/C12H14BrN5O2/c1-9(20-11-5-3-2-4-10(11)13)6-14-12(19)7-18-8-15-16-17-18/h2-5,8-9H,6-7H2,1H3,(H,14,19)/t9-/m1/s1. The smallest absolute Gasteiger partial charge is 0.242 e. The molecule has 20 heavy (non-hydrogen) atoms. The van der Waals surface area contributed by atoms with Crippen LogP contribution in [0.3, 0.4) is 0 Å². The third-order valence-corrected chi connectivity index (χ3v) is 3.10. The van der Waals surface area contributed by atoms with Gasteiger partial charge in [-0.2, -0.15) is 0 Å². The van der Waals surface area contributed by atoms with Gasteiger partial charge in [-0.1, -0.05) is 12.1 Å². The number of hydrogen-bond acceptors (Lipinski definition) is 5. The zero-order valence-corrected chi connectivity index (χ0v) is 12.4. The third-order valence-electron chi connectivity index (χ3n) is 2.45. The van der Waals surface area contributed by atoms with E-state index in [1.807, 2.05) is 31.2 Å². The van der Waals surface area contributed by atoms with Crippen LogP contribution >= 0.6 is 15.9 Å². The van der Waals surface area contributed by atoms with Crippen LogP contribution in [0.4, 0.5) is 0 Å². The van der Waals surface area contributed by atoms with E-state index >= 15 is 0 Å². The lowest BCUT2D eigenvalue weighted by Crippen LogP contribution is -2.35. The van der Waals surface area contributed by atoms with Gasteiger partial charge in [0.25, 0.3) is 0 Å². The lowest BCUT2D eigenvalue weighted by Gasteiger charge is -2.16. The van der Waals surface area contributed by atoms with Gasteiger partial charge in [-0.25, -0.2) is 4.68 Å². The van der Waals surface area contributed by atoms with Gasteiger partial charge < -0.3 is 10.1 Å². The van der Waals surface area contributed by atoms with Crippen LogP contribution in [0.1, 0.15) is 6.92 Å². The molecule has 8 heteroatoms. The number of benzene rings is 1. The molecule has 0 unspecified atom stereocenters. The van der Waals surface area contributed by atoms with Crippen LogP contribution < -0.4 is 10.1 Å². The highest BCUT2D eigenvalue weighted by atomic mass is 79.9. The van der Waals surface area contributed by atoms with Crippen molar-refractivity contribution in [2.75, 3.05) is 6.54 Å². The van der Waals surface area contributed by atoms with Gasteiger partial charge in [0.1, 0.15) is 24.7 Å². The quantitative estimate of drug-likeness (QED) is 0.849. The van der Waals surface area contributed by atoms with Crippen molar-refractivity contribution in [2.45, 2.75) is 19.6 Å². The van der Waals surface area contributed by atoms with Crippen molar-refractivity contribution in [1.29, 1.82) is 0 Å². The summed E-state index contributed by atoms with van der Waals surface area (Å²) >= 11 is 3.41. The highest BCUT2D eigenvalue weighted by molar-refractivity contribution is 9.10. The largest absolute Gasteiger partial charge is 0.488 e. The van der Waals surface area contributed by atoms with E-state index in [4.69, 9.17) is 4.74 Å². The van der Waals surface area contributed by atoms with E-state index in [9.17, 15) is 4.79 Å². The van der Waals surface area contributed by atoms with Gasteiger partial charge in [0.15, 0.2) is 0 Å². The van der Waals surface area contributed by atoms with E-state index in [1.165, 1.54) is 11.0 Å². The molecule has 1 amide bonds. The lowest BCUT2D eigenvalue weighted by atomic mass is 10.3. The van der Waals surface area contributed by atoms with Gasteiger partial charge in [-0.15, -0.1) is 5.10 Å². The molecule has 0 saturated carbocycles. The second-order valence-electron chi connectivity index (χ2n) is 4.17. The number of aromatic nitrogens is 4. The number of hydrogen-bond donors (Lipinski definition) is 1. The van der Waals surface area contributed by atoms with Gasteiger partial charge in [0.2, 0.25) is 5.91 Å². The van der Waals surface area contributed by atoms with Crippen LogP contribution in [-0.4, -0.2) is 38.8 Å². The molecule has 7 nitrogen and oxygen atoms in total. The number of nitrogens with zero attached hydrogens (tertiary/aromatic N) is 4. The average Bonchev–Trinajstić information content (AvgIpc) is 2.92. The molecule has 1 heterocycles. The Morgan fingerprint density at radius 3 is 3.00 bits per heavy atom. The van der Waals surface area contributed by atoms with Crippen molar-refractivity contribution in [3.05, 3.63) is 35.1 Å². The number of halogens is 1. The number of ether oxygens (including phenoxy) is 1. The summed E-state index contributed by atoms with van der Waals surface area (Å²) < 4.78 is 7.96. The van der Waals surface area contributed by atoms with Crippen molar-refractivity contribution in [3.63, 3.8) is 0 Å². The molecule has 0 spiro atoms. The van der Waals surface area contributed by atoms with Crippen molar-refractivity contribution in [2.24, 2.45) is 0 Å². The molecule has 0 bridgehead atoms. The summed E-state index contributed by atoms with van der Waals surface area (Å²) in [5.41, 5.74) is 0. The molecule has 2 aromatic rings. The van der Waals surface area contributed by atoms with E-state index in [2.05, 4.69) is 36.8 Å². The van der Waals surface area contributed by atoms with Crippen LogP contribution in [0.2, 0.25) is 0 Å². The molecule has 0 aliphatic rings. The van der Waals surface area contributed by atoms with Crippen LogP contribution in [0.5, 0.6) is 5.75 Å².